The highest BCUT2D eigenvalue weighted by Crippen LogP contribution is 2.31. The van der Waals surface area contributed by atoms with Gasteiger partial charge in [0.1, 0.15) is 0 Å². The maximum Gasteiger partial charge on any atom is 0.241 e. The minimum Gasteiger partial charge on any atom is -0.347 e. The second-order valence-corrected chi connectivity index (χ2v) is 5.96. The molecule has 20 heavy (non-hydrogen) atoms. The average molecular weight is 283 g/mol. The predicted octanol–water partition coefficient (Wildman–Crippen LogP) is 1.24. The van der Waals surface area contributed by atoms with Crippen LogP contribution in [0.4, 0.5) is 0 Å². The van der Waals surface area contributed by atoms with Crippen LogP contribution >= 0.6 is 0 Å². The van der Waals surface area contributed by atoms with Gasteiger partial charge in [-0.2, -0.15) is 0 Å². The minimum absolute atomic E-state index is 0.0256. The van der Waals surface area contributed by atoms with Crippen LogP contribution < -0.4 is 5.32 Å². The first-order valence-corrected chi connectivity index (χ1v) is 7.61. The standard InChI is InChI=1S/C15H29N3O2/c1-5-18(12-14(20)17(3)4)13(19)11-15(16-2)9-7-6-8-10-15/h16H,5-12H2,1-4H3. The molecule has 0 bridgehead atoms. The van der Waals surface area contributed by atoms with E-state index in [0.29, 0.717) is 13.0 Å². The van der Waals surface area contributed by atoms with Crippen LogP contribution in [-0.4, -0.2) is 61.4 Å². The molecule has 0 heterocycles. The Morgan fingerprint density at radius 2 is 1.70 bits per heavy atom. The van der Waals surface area contributed by atoms with Crippen molar-refractivity contribution in [1.29, 1.82) is 0 Å². The Bertz CT molecular complexity index is 336. The van der Waals surface area contributed by atoms with Gasteiger partial charge in [-0.05, 0) is 26.8 Å². The van der Waals surface area contributed by atoms with Crippen molar-refractivity contribution >= 4 is 11.8 Å². The monoisotopic (exact) mass is 283 g/mol. The molecule has 0 aromatic heterocycles. The van der Waals surface area contributed by atoms with E-state index in [9.17, 15) is 9.59 Å². The first kappa shape index (κ1) is 17.0. The fourth-order valence-electron chi connectivity index (χ4n) is 2.83. The average Bonchev–Trinajstić information content (AvgIpc) is 2.45. The second-order valence-electron chi connectivity index (χ2n) is 5.96. The van der Waals surface area contributed by atoms with E-state index in [1.54, 1.807) is 19.0 Å². The molecule has 0 aromatic rings. The van der Waals surface area contributed by atoms with E-state index in [0.717, 1.165) is 12.8 Å². The summed E-state index contributed by atoms with van der Waals surface area (Å²) in [6.07, 6.45) is 6.21. The summed E-state index contributed by atoms with van der Waals surface area (Å²) in [5, 5.41) is 3.36. The van der Waals surface area contributed by atoms with Crippen molar-refractivity contribution in [3.8, 4) is 0 Å². The lowest BCUT2D eigenvalue weighted by molar-refractivity contribution is -0.140. The highest BCUT2D eigenvalue weighted by molar-refractivity contribution is 5.85. The van der Waals surface area contributed by atoms with Crippen molar-refractivity contribution in [2.75, 3.05) is 34.2 Å². The Morgan fingerprint density at radius 3 is 2.15 bits per heavy atom. The van der Waals surface area contributed by atoms with Gasteiger partial charge in [-0.1, -0.05) is 19.3 Å². The van der Waals surface area contributed by atoms with Gasteiger partial charge < -0.3 is 15.1 Å². The van der Waals surface area contributed by atoms with E-state index in [1.807, 2.05) is 14.0 Å². The van der Waals surface area contributed by atoms with Crippen molar-refractivity contribution in [2.24, 2.45) is 0 Å². The van der Waals surface area contributed by atoms with Gasteiger partial charge in [-0.15, -0.1) is 0 Å². The van der Waals surface area contributed by atoms with E-state index >= 15 is 0 Å². The summed E-state index contributed by atoms with van der Waals surface area (Å²) in [5.41, 5.74) is -0.0656. The zero-order valence-corrected chi connectivity index (χ0v) is 13.4. The highest BCUT2D eigenvalue weighted by Gasteiger charge is 2.34. The molecule has 1 rings (SSSR count). The molecule has 5 nitrogen and oxygen atoms in total. The molecule has 5 heteroatoms. The number of nitrogens with one attached hydrogen (secondary N) is 1. The van der Waals surface area contributed by atoms with Crippen LogP contribution in [0.1, 0.15) is 45.4 Å². The predicted molar refractivity (Wildman–Crippen MR) is 80.4 cm³/mol. The molecule has 0 spiro atoms. The van der Waals surface area contributed by atoms with Crippen LogP contribution in [0.15, 0.2) is 0 Å². The zero-order valence-electron chi connectivity index (χ0n) is 13.4. The Labute approximate surface area is 122 Å². The molecule has 1 fully saturated rings. The Morgan fingerprint density at radius 1 is 1.10 bits per heavy atom. The van der Waals surface area contributed by atoms with Crippen molar-refractivity contribution in [1.82, 2.24) is 15.1 Å². The smallest absolute Gasteiger partial charge is 0.241 e. The van der Waals surface area contributed by atoms with Gasteiger partial charge in [0.15, 0.2) is 0 Å². The topological polar surface area (TPSA) is 52.7 Å². The van der Waals surface area contributed by atoms with Crippen molar-refractivity contribution < 1.29 is 9.59 Å². The van der Waals surface area contributed by atoms with Crippen molar-refractivity contribution in [3.63, 3.8) is 0 Å². The molecule has 0 unspecified atom stereocenters. The molecular weight excluding hydrogens is 254 g/mol. The first-order valence-electron chi connectivity index (χ1n) is 7.61. The van der Waals surface area contributed by atoms with Crippen LogP contribution in [0.3, 0.4) is 0 Å². The highest BCUT2D eigenvalue weighted by atomic mass is 16.2. The Balaban J connectivity index is 2.63. The van der Waals surface area contributed by atoms with Crippen molar-refractivity contribution in [2.45, 2.75) is 51.0 Å². The third-order valence-electron chi connectivity index (χ3n) is 4.39. The number of carbonyl (C=O) groups excluding carboxylic acids is 2. The summed E-state index contributed by atoms with van der Waals surface area (Å²) in [5.74, 6) is 0.0568. The summed E-state index contributed by atoms with van der Waals surface area (Å²) in [7, 11) is 5.38. The number of amides is 2. The molecule has 0 atom stereocenters. The fourth-order valence-corrected chi connectivity index (χ4v) is 2.83. The van der Waals surface area contributed by atoms with E-state index < -0.39 is 0 Å². The summed E-state index contributed by atoms with van der Waals surface area (Å²) >= 11 is 0. The summed E-state index contributed by atoms with van der Waals surface area (Å²) < 4.78 is 0. The number of carbonyl (C=O) groups is 2. The van der Waals surface area contributed by atoms with Gasteiger partial charge in [-0.3, -0.25) is 9.59 Å². The van der Waals surface area contributed by atoms with Gasteiger partial charge in [0, 0.05) is 32.6 Å². The van der Waals surface area contributed by atoms with Gasteiger partial charge in [0.2, 0.25) is 11.8 Å². The van der Waals surface area contributed by atoms with Gasteiger partial charge in [0.05, 0.1) is 6.54 Å². The molecule has 0 radical (unpaired) electrons. The second kappa shape index (κ2) is 7.62. The molecule has 1 aliphatic carbocycles. The Kier molecular flexibility index (Phi) is 6.46. The molecule has 1 saturated carbocycles. The number of hydrogen-bond donors (Lipinski definition) is 1. The van der Waals surface area contributed by atoms with Crippen LogP contribution in [-0.2, 0) is 9.59 Å². The third-order valence-corrected chi connectivity index (χ3v) is 4.39. The lowest BCUT2D eigenvalue weighted by atomic mass is 9.79. The quantitative estimate of drug-likeness (QED) is 0.798. The molecular formula is C15H29N3O2. The number of likely N-dealkylation sites (N-methyl/N-ethyl adjacent to an activating group) is 2. The van der Waals surface area contributed by atoms with E-state index in [-0.39, 0.29) is 23.9 Å². The molecule has 0 aliphatic heterocycles. The van der Waals surface area contributed by atoms with Crippen LogP contribution in [0.25, 0.3) is 0 Å². The number of hydrogen-bond acceptors (Lipinski definition) is 3. The third kappa shape index (κ3) is 4.47. The molecule has 1 N–H and O–H groups in total. The molecule has 2 amide bonds. The van der Waals surface area contributed by atoms with E-state index in [2.05, 4.69) is 5.32 Å². The van der Waals surface area contributed by atoms with Crippen molar-refractivity contribution in [3.05, 3.63) is 0 Å². The summed E-state index contributed by atoms with van der Waals surface area (Å²) in [6, 6.07) is 0. The van der Waals surface area contributed by atoms with E-state index in [4.69, 9.17) is 0 Å². The normalized spacial score (nSPS) is 17.6. The maximum absolute atomic E-state index is 12.5. The maximum atomic E-state index is 12.5. The molecule has 116 valence electrons. The number of rotatable bonds is 6. The fraction of sp³-hybridized carbons (Fsp3) is 0.867. The van der Waals surface area contributed by atoms with Gasteiger partial charge in [0.25, 0.3) is 0 Å². The summed E-state index contributed by atoms with van der Waals surface area (Å²) in [4.78, 5) is 27.4. The van der Waals surface area contributed by atoms with Crippen LogP contribution in [0, 0.1) is 0 Å². The van der Waals surface area contributed by atoms with Crippen LogP contribution in [0.2, 0.25) is 0 Å². The first-order chi connectivity index (χ1) is 9.44. The van der Waals surface area contributed by atoms with Crippen LogP contribution in [0.5, 0.6) is 0 Å². The zero-order chi connectivity index (χ0) is 15.2. The minimum atomic E-state index is -0.0656. The van der Waals surface area contributed by atoms with E-state index in [1.165, 1.54) is 24.2 Å². The summed E-state index contributed by atoms with van der Waals surface area (Å²) in [6.45, 7) is 2.69. The lowest BCUT2D eigenvalue weighted by Crippen LogP contribution is -2.50. The molecule has 1 aliphatic rings. The number of nitrogens with zero attached hydrogens (tertiary/aromatic N) is 2. The lowest BCUT2D eigenvalue weighted by Gasteiger charge is -2.38. The van der Waals surface area contributed by atoms with Gasteiger partial charge in [-0.25, -0.2) is 0 Å². The molecule has 0 saturated heterocycles. The SMILES string of the molecule is CCN(CC(=O)N(C)C)C(=O)CC1(NC)CCCCC1. The van der Waals surface area contributed by atoms with Gasteiger partial charge >= 0.3 is 0 Å². The largest absolute Gasteiger partial charge is 0.347 e. The Hall–Kier alpha value is -1.10. The molecule has 0 aromatic carbocycles.